The van der Waals surface area contributed by atoms with E-state index in [4.69, 9.17) is 4.74 Å². The molecule has 0 bridgehead atoms. The van der Waals surface area contributed by atoms with Crippen molar-refractivity contribution >= 4 is 27.6 Å². The zero-order chi connectivity index (χ0) is 22.6. The average Bonchev–Trinajstić information content (AvgIpc) is 2.73. The molecule has 2 aromatic rings. The van der Waals surface area contributed by atoms with Crippen molar-refractivity contribution in [1.82, 2.24) is 4.31 Å². The van der Waals surface area contributed by atoms with Crippen LogP contribution in [0.1, 0.15) is 37.6 Å². The smallest absolute Gasteiger partial charge is 0.338 e. The van der Waals surface area contributed by atoms with Gasteiger partial charge in [-0.3, -0.25) is 4.79 Å². The molecule has 1 N–H and O–H groups in total. The molecule has 8 heteroatoms. The number of nitrogens with zero attached hydrogens (tertiary/aromatic N) is 1. The van der Waals surface area contributed by atoms with Gasteiger partial charge >= 0.3 is 5.97 Å². The first-order chi connectivity index (χ1) is 14.7. The number of hydrogen-bond donors (Lipinski definition) is 1. The predicted octanol–water partition coefficient (Wildman–Crippen LogP) is 3.54. The Kier molecular flexibility index (Phi) is 7.12. The lowest BCUT2D eigenvalue weighted by atomic mass is 9.94. The summed E-state index contributed by atoms with van der Waals surface area (Å²) in [5.74, 6) is -0.681. The molecule has 0 aromatic heterocycles. The highest BCUT2D eigenvalue weighted by molar-refractivity contribution is 7.89. The van der Waals surface area contributed by atoms with Crippen LogP contribution in [0.5, 0.6) is 0 Å². The van der Waals surface area contributed by atoms with Gasteiger partial charge < -0.3 is 10.1 Å². The van der Waals surface area contributed by atoms with E-state index < -0.39 is 28.0 Å². The van der Waals surface area contributed by atoms with E-state index in [1.54, 1.807) is 24.3 Å². The molecular formula is C23H28N2O5S. The zero-order valence-electron chi connectivity index (χ0n) is 17.9. The molecule has 3 unspecified atom stereocenters. The first-order valence-electron chi connectivity index (χ1n) is 10.3. The van der Waals surface area contributed by atoms with Gasteiger partial charge in [-0.05, 0) is 55.5 Å². The van der Waals surface area contributed by atoms with Crippen LogP contribution in [0, 0.1) is 11.8 Å². The molecule has 1 fully saturated rings. The van der Waals surface area contributed by atoms with Crippen molar-refractivity contribution in [1.29, 1.82) is 0 Å². The van der Waals surface area contributed by atoms with E-state index in [1.807, 2.05) is 19.9 Å². The summed E-state index contributed by atoms with van der Waals surface area (Å²) in [6, 6.07) is 14.6. The van der Waals surface area contributed by atoms with E-state index in [1.165, 1.54) is 35.5 Å². The Morgan fingerprint density at radius 3 is 2.32 bits per heavy atom. The van der Waals surface area contributed by atoms with Crippen molar-refractivity contribution in [2.75, 3.05) is 18.4 Å². The van der Waals surface area contributed by atoms with E-state index in [0.717, 1.165) is 6.42 Å². The summed E-state index contributed by atoms with van der Waals surface area (Å²) in [6.07, 6.45) is -0.0572. The Bertz CT molecular complexity index is 1030. The number of ether oxygens (including phenoxy) is 1. The second-order valence-corrected chi connectivity index (χ2v) is 10.1. The van der Waals surface area contributed by atoms with Crippen LogP contribution in [-0.2, 0) is 19.6 Å². The summed E-state index contributed by atoms with van der Waals surface area (Å²) in [5, 5.41) is 2.67. The highest BCUT2D eigenvalue weighted by Gasteiger charge is 2.32. The Balaban J connectivity index is 1.70. The van der Waals surface area contributed by atoms with Crippen LogP contribution in [0.25, 0.3) is 0 Å². The molecule has 3 rings (SSSR count). The zero-order valence-corrected chi connectivity index (χ0v) is 18.8. The van der Waals surface area contributed by atoms with Crippen LogP contribution in [0.15, 0.2) is 59.5 Å². The lowest BCUT2D eigenvalue weighted by Gasteiger charge is -2.34. The van der Waals surface area contributed by atoms with Gasteiger partial charge in [-0.15, -0.1) is 0 Å². The normalized spacial score (nSPS) is 20.6. The van der Waals surface area contributed by atoms with E-state index in [-0.39, 0.29) is 22.3 Å². The van der Waals surface area contributed by atoms with Gasteiger partial charge in [0.2, 0.25) is 10.0 Å². The van der Waals surface area contributed by atoms with Crippen LogP contribution >= 0.6 is 0 Å². The van der Waals surface area contributed by atoms with Gasteiger partial charge in [0.25, 0.3) is 5.91 Å². The van der Waals surface area contributed by atoms with Crippen molar-refractivity contribution in [2.45, 2.75) is 38.2 Å². The number of carbonyl (C=O) groups is 2. The molecule has 2 aromatic carbocycles. The third kappa shape index (κ3) is 5.71. The van der Waals surface area contributed by atoms with Crippen molar-refractivity contribution in [3.8, 4) is 0 Å². The van der Waals surface area contributed by atoms with Gasteiger partial charge in [-0.1, -0.05) is 38.1 Å². The van der Waals surface area contributed by atoms with Gasteiger partial charge in [0, 0.05) is 18.8 Å². The quantitative estimate of drug-likeness (QED) is 0.688. The standard InChI is InChI=1S/C23H28N2O5S/c1-16-12-17(2)15-25(14-16)31(28,29)21-11-7-8-19(13-21)23(27)30-18(3)22(26)24-20-9-5-4-6-10-20/h4-11,13,16-18H,12,14-15H2,1-3H3,(H,24,26). The van der Waals surface area contributed by atoms with Crippen molar-refractivity contribution < 1.29 is 22.7 Å². The van der Waals surface area contributed by atoms with Crippen LogP contribution in [-0.4, -0.2) is 43.8 Å². The molecular weight excluding hydrogens is 416 g/mol. The number of anilines is 1. The summed E-state index contributed by atoms with van der Waals surface area (Å²) in [7, 11) is -3.72. The number of amides is 1. The number of piperidine rings is 1. The highest BCUT2D eigenvalue weighted by atomic mass is 32.2. The maximum Gasteiger partial charge on any atom is 0.338 e. The third-order valence-corrected chi connectivity index (χ3v) is 7.06. The van der Waals surface area contributed by atoms with Gasteiger partial charge in [-0.25, -0.2) is 13.2 Å². The van der Waals surface area contributed by atoms with E-state index >= 15 is 0 Å². The van der Waals surface area contributed by atoms with Gasteiger partial charge in [-0.2, -0.15) is 4.31 Å². The molecule has 0 aliphatic carbocycles. The van der Waals surface area contributed by atoms with Gasteiger partial charge in [0.1, 0.15) is 0 Å². The largest absolute Gasteiger partial charge is 0.449 e. The lowest BCUT2D eigenvalue weighted by Crippen LogP contribution is -2.42. The molecule has 1 aliphatic rings. The number of carbonyl (C=O) groups excluding carboxylic acids is 2. The second-order valence-electron chi connectivity index (χ2n) is 8.20. The van der Waals surface area contributed by atoms with Crippen LogP contribution in [0.3, 0.4) is 0 Å². The molecule has 7 nitrogen and oxygen atoms in total. The number of para-hydroxylation sites is 1. The molecule has 1 heterocycles. The molecule has 1 amide bonds. The summed E-state index contributed by atoms with van der Waals surface area (Å²) < 4.78 is 32.9. The fourth-order valence-electron chi connectivity index (χ4n) is 3.78. The molecule has 1 aliphatic heterocycles. The summed E-state index contributed by atoms with van der Waals surface area (Å²) >= 11 is 0. The highest BCUT2D eigenvalue weighted by Crippen LogP contribution is 2.27. The van der Waals surface area contributed by atoms with Crippen molar-refractivity contribution in [3.05, 3.63) is 60.2 Å². The number of rotatable bonds is 6. The molecule has 166 valence electrons. The third-order valence-electron chi connectivity index (χ3n) is 5.24. The van der Waals surface area contributed by atoms with Crippen LogP contribution < -0.4 is 5.32 Å². The van der Waals surface area contributed by atoms with E-state index in [9.17, 15) is 18.0 Å². The predicted molar refractivity (Wildman–Crippen MR) is 118 cm³/mol. The minimum absolute atomic E-state index is 0.0460. The average molecular weight is 445 g/mol. The van der Waals surface area contributed by atoms with Gasteiger partial charge in [0.05, 0.1) is 10.5 Å². The number of benzene rings is 2. The van der Waals surface area contributed by atoms with Crippen LogP contribution in [0.4, 0.5) is 5.69 Å². The molecule has 31 heavy (non-hydrogen) atoms. The molecule has 1 saturated heterocycles. The fraction of sp³-hybridized carbons (Fsp3) is 0.391. The Labute approximate surface area is 183 Å². The monoisotopic (exact) mass is 444 g/mol. The minimum atomic E-state index is -3.72. The molecule has 0 spiro atoms. The first-order valence-corrected chi connectivity index (χ1v) is 11.8. The summed E-state index contributed by atoms with van der Waals surface area (Å²) in [5.41, 5.74) is 0.673. The van der Waals surface area contributed by atoms with Crippen LogP contribution in [0.2, 0.25) is 0 Å². The number of sulfonamides is 1. The molecule has 0 radical (unpaired) electrons. The minimum Gasteiger partial charge on any atom is -0.449 e. The maximum atomic E-state index is 13.1. The maximum absolute atomic E-state index is 13.1. The van der Waals surface area contributed by atoms with Crippen molar-refractivity contribution in [3.63, 3.8) is 0 Å². The number of hydrogen-bond acceptors (Lipinski definition) is 5. The Morgan fingerprint density at radius 1 is 1.03 bits per heavy atom. The number of nitrogens with one attached hydrogen (secondary N) is 1. The van der Waals surface area contributed by atoms with Crippen molar-refractivity contribution in [2.24, 2.45) is 11.8 Å². The topological polar surface area (TPSA) is 92.8 Å². The number of esters is 1. The lowest BCUT2D eigenvalue weighted by molar-refractivity contribution is -0.123. The Morgan fingerprint density at radius 2 is 1.68 bits per heavy atom. The SMILES string of the molecule is CC1CC(C)CN(S(=O)(=O)c2cccc(C(=O)OC(C)C(=O)Nc3ccccc3)c2)C1. The molecule has 3 atom stereocenters. The fourth-order valence-corrected chi connectivity index (χ4v) is 5.51. The Hall–Kier alpha value is -2.71. The molecule has 0 saturated carbocycles. The first kappa shape index (κ1) is 23.0. The summed E-state index contributed by atoms with van der Waals surface area (Å²) in [4.78, 5) is 24.9. The second kappa shape index (κ2) is 9.62. The van der Waals surface area contributed by atoms with Gasteiger partial charge in [0.15, 0.2) is 6.10 Å². The van der Waals surface area contributed by atoms with E-state index in [2.05, 4.69) is 5.32 Å². The van der Waals surface area contributed by atoms with E-state index in [0.29, 0.717) is 18.8 Å². The summed E-state index contributed by atoms with van der Waals surface area (Å²) in [6.45, 7) is 6.45.